The van der Waals surface area contributed by atoms with Gasteiger partial charge in [0.15, 0.2) is 5.88 Å². The summed E-state index contributed by atoms with van der Waals surface area (Å²) < 4.78 is 0. The molecule has 0 aliphatic rings. The van der Waals surface area contributed by atoms with Crippen LogP contribution < -0.4 is 0 Å². The normalized spacial score (nSPS) is 13.5. The Bertz CT molecular complexity index is 534. The average Bonchev–Trinajstić information content (AvgIpc) is 2.66. The van der Waals surface area contributed by atoms with Crippen molar-refractivity contribution in [2.24, 2.45) is 4.99 Å². The number of fused-ring (bicyclic) bond motifs is 1. The number of aromatic nitrogens is 1. The molecule has 0 radical (unpaired) electrons. The molecule has 0 saturated carbocycles. The first-order valence-electron chi connectivity index (χ1n) is 5.30. The number of nitrogens with zero attached hydrogens (tertiary/aromatic N) is 1. The monoisotopic (exact) mass is 234 g/mol. The van der Waals surface area contributed by atoms with Gasteiger partial charge >= 0.3 is 0 Å². The summed E-state index contributed by atoms with van der Waals surface area (Å²) in [6.07, 6.45) is 0.631. The van der Waals surface area contributed by atoms with Crippen LogP contribution in [-0.4, -0.2) is 45.8 Å². The summed E-state index contributed by atoms with van der Waals surface area (Å²) in [5.41, 5.74) is 1.42. The number of para-hydroxylation sites is 1. The van der Waals surface area contributed by atoms with Gasteiger partial charge in [0, 0.05) is 17.1 Å². The van der Waals surface area contributed by atoms with Gasteiger partial charge in [-0.25, -0.2) is 0 Å². The number of hydrogen-bond acceptors (Lipinski definition) is 4. The van der Waals surface area contributed by atoms with Gasteiger partial charge in [0.05, 0.1) is 24.8 Å². The first-order chi connectivity index (χ1) is 8.22. The van der Waals surface area contributed by atoms with Crippen molar-refractivity contribution in [1.82, 2.24) is 4.98 Å². The Morgan fingerprint density at radius 1 is 1.35 bits per heavy atom. The van der Waals surface area contributed by atoms with Crippen molar-refractivity contribution in [3.8, 4) is 5.88 Å². The molecular weight excluding hydrogens is 220 g/mol. The molecule has 17 heavy (non-hydrogen) atoms. The van der Waals surface area contributed by atoms with Crippen LogP contribution in [-0.2, 0) is 0 Å². The Morgan fingerprint density at radius 2 is 2.12 bits per heavy atom. The Balaban J connectivity index is 2.26. The van der Waals surface area contributed by atoms with Gasteiger partial charge in [-0.15, -0.1) is 0 Å². The summed E-state index contributed by atoms with van der Waals surface area (Å²) in [4.78, 5) is 6.81. The van der Waals surface area contributed by atoms with Gasteiger partial charge in [-0.2, -0.15) is 0 Å². The lowest BCUT2D eigenvalue weighted by molar-refractivity contribution is 0.102. The van der Waals surface area contributed by atoms with Crippen LogP contribution in [0, 0.1) is 0 Å². The van der Waals surface area contributed by atoms with Gasteiger partial charge in [-0.05, 0) is 6.07 Å². The van der Waals surface area contributed by atoms with E-state index < -0.39 is 6.10 Å². The fourth-order valence-corrected chi connectivity index (χ4v) is 1.60. The second-order valence-corrected chi connectivity index (χ2v) is 3.76. The third-order valence-electron chi connectivity index (χ3n) is 2.47. The quantitative estimate of drug-likeness (QED) is 0.585. The molecule has 0 unspecified atom stereocenters. The Hall–Kier alpha value is -1.85. The first kappa shape index (κ1) is 11.6. The maximum atomic E-state index is 9.70. The molecule has 2 rings (SSSR count). The molecule has 0 fully saturated rings. The smallest absolute Gasteiger partial charge is 0.198 e. The molecule has 0 spiro atoms. The number of aromatic amines is 1. The van der Waals surface area contributed by atoms with E-state index in [9.17, 15) is 5.11 Å². The van der Waals surface area contributed by atoms with Crippen LogP contribution in [0.4, 0.5) is 0 Å². The van der Waals surface area contributed by atoms with Crippen LogP contribution in [0.25, 0.3) is 10.9 Å². The van der Waals surface area contributed by atoms with Crippen molar-refractivity contribution in [3.63, 3.8) is 0 Å². The summed E-state index contributed by atoms with van der Waals surface area (Å²) in [6.45, 7) is -0.216. The number of benzene rings is 1. The highest BCUT2D eigenvalue weighted by Gasteiger charge is 2.07. The molecule has 1 atom stereocenters. The molecule has 0 aliphatic carbocycles. The maximum absolute atomic E-state index is 9.70. The van der Waals surface area contributed by atoms with Crippen molar-refractivity contribution >= 4 is 17.1 Å². The molecule has 4 N–H and O–H groups in total. The Morgan fingerprint density at radius 3 is 2.88 bits per heavy atom. The zero-order valence-electron chi connectivity index (χ0n) is 9.17. The Labute approximate surface area is 98.1 Å². The molecule has 2 aromatic rings. The molecule has 0 saturated heterocycles. The van der Waals surface area contributed by atoms with Crippen LogP contribution in [0.5, 0.6) is 5.88 Å². The fourth-order valence-electron chi connectivity index (χ4n) is 1.60. The summed E-state index contributed by atoms with van der Waals surface area (Å²) in [7, 11) is 0. The molecule has 1 aromatic carbocycles. The van der Waals surface area contributed by atoms with Crippen LogP contribution in [0.1, 0.15) is 5.56 Å². The van der Waals surface area contributed by atoms with Crippen molar-refractivity contribution in [2.75, 3.05) is 13.2 Å². The van der Waals surface area contributed by atoms with E-state index in [0.29, 0.717) is 5.56 Å². The van der Waals surface area contributed by atoms with Crippen molar-refractivity contribution in [3.05, 3.63) is 29.8 Å². The standard InChI is InChI=1S/C12H14N2O3/c15-7-8(16)5-13-6-10-9-3-1-2-4-11(9)14-12(10)17/h1-4,6,8,14-17H,5,7H2/t8-/m0/s1. The van der Waals surface area contributed by atoms with Crippen molar-refractivity contribution in [2.45, 2.75) is 6.10 Å². The van der Waals surface area contributed by atoms with E-state index >= 15 is 0 Å². The van der Waals surface area contributed by atoms with Crippen molar-refractivity contribution < 1.29 is 15.3 Å². The zero-order chi connectivity index (χ0) is 12.3. The van der Waals surface area contributed by atoms with Gasteiger partial charge in [-0.1, -0.05) is 18.2 Å². The lowest BCUT2D eigenvalue weighted by Crippen LogP contribution is -2.15. The number of nitrogens with one attached hydrogen (secondary N) is 1. The SMILES string of the molecule is OC[C@@H](O)CN=Cc1c(O)[nH]c2ccccc12. The molecule has 0 aliphatic heterocycles. The highest BCUT2D eigenvalue weighted by molar-refractivity contribution is 6.01. The van der Waals surface area contributed by atoms with Crippen LogP contribution >= 0.6 is 0 Å². The third kappa shape index (κ3) is 2.46. The number of hydrogen-bond donors (Lipinski definition) is 4. The van der Waals surface area contributed by atoms with Crippen LogP contribution in [0.2, 0.25) is 0 Å². The molecule has 0 amide bonds. The topological polar surface area (TPSA) is 88.8 Å². The summed E-state index contributed by atoms with van der Waals surface area (Å²) >= 11 is 0. The van der Waals surface area contributed by atoms with E-state index in [1.807, 2.05) is 24.3 Å². The van der Waals surface area contributed by atoms with Crippen molar-refractivity contribution in [1.29, 1.82) is 0 Å². The van der Waals surface area contributed by atoms with E-state index in [1.54, 1.807) is 0 Å². The number of aromatic hydroxyl groups is 1. The van der Waals surface area contributed by atoms with Crippen LogP contribution in [0.3, 0.4) is 0 Å². The highest BCUT2D eigenvalue weighted by Crippen LogP contribution is 2.24. The average molecular weight is 234 g/mol. The number of rotatable bonds is 4. The zero-order valence-corrected chi connectivity index (χ0v) is 9.17. The fraction of sp³-hybridized carbons (Fsp3) is 0.250. The second-order valence-electron chi connectivity index (χ2n) is 3.76. The van der Waals surface area contributed by atoms with Gasteiger partial charge < -0.3 is 20.3 Å². The van der Waals surface area contributed by atoms with E-state index in [2.05, 4.69) is 9.98 Å². The van der Waals surface area contributed by atoms with Gasteiger partial charge in [0.2, 0.25) is 0 Å². The minimum absolute atomic E-state index is 0.0495. The second kappa shape index (κ2) is 4.99. The number of aliphatic hydroxyl groups excluding tert-OH is 2. The molecule has 0 bridgehead atoms. The predicted molar refractivity (Wildman–Crippen MR) is 65.5 cm³/mol. The molecule has 90 valence electrons. The Kier molecular flexibility index (Phi) is 3.41. The van der Waals surface area contributed by atoms with E-state index in [4.69, 9.17) is 10.2 Å². The number of aliphatic imine (C=N–C) groups is 1. The maximum Gasteiger partial charge on any atom is 0.198 e. The molecular formula is C12H14N2O3. The minimum atomic E-state index is -0.862. The summed E-state index contributed by atoms with van der Waals surface area (Å²) in [5, 5.41) is 28.3. The van der Waals surface area contributed by atoms with E-state index in [1.165, 1.54) is 6.21 Å². The molecule has 5 nitrogen and oxygen atoms in total. The highest BCUT2D eigenvalue weighted by atomic mass is 16.3. The largest absolute Gasteiger partial charge is 0.494 e. The predicted octanol–water partition coefficient (Wildman–Crippen LogP) is 0.646. The van der Waals surface area contributed by atoms with Gasteiger partial charge in [0.1, 0.15) is 0 Å². The van der Waals surface area contributed by atoms with Crippen LogP contribution in [0.15, 0.2) is 29.3 Å². The molecule has 1 aromatic heterocycles. The number of H-pyrrole nitrogens is 1. The van der Waals surface area contributed by atoms with Gasteiger partial charge in [-0.3, -0.25) is 4.99 Å². The third-order valence-corrected chi connectivity index (χ3v) is 2.47. The van der Waals surface area contributed by atoms with Gasteiger partial charge in [0.25, 0.3) is 0 Å². The summed E-state index contributed by atoms with van der Waals surface area (Å²) in [5.74, 6) is 0.0495. The lowest BCUT2D eigenvalue weighted by Gasteiger charge is -2.00. The number of aliphatic hydroxyl groups is 2. The van der Waals surface area contributed by atoms with E-state index in [0.717, 1.165) is 10.9 Å². The summed E-state index contributed by atoms with van der Waals surface area (Å²) in [6, 6.07) is 7.47. The molecule has 1 heterocycles. The van der Waals surface area contributed by atoms with E-state index in [-0.39, 0.29) is 19.0 Å². The lowest BCUT2D eigenvalue weighted by atomic mass is 10.2. The first-order valence-corrected chi connectivity index (χ1v) is 5.30. The molecule has 5 heteroatoms. The minimum Gasteiger partial charge on any atom is -0.494 e.